The van der Waals surface area contributed by atoms with Gasteiger partial charge in [-0.05, 0) is 0 Å². The Balaban J connectivity index is 2.29. The van der Waals surface area contributed by atoms with Crippen LogP contribution in [-0.2, 0) is 16.0 Å². The Hall–Kier alpha value is -1.76. The number of Topliss-reactive ketones (excluding diaryl/α,β-unsaturated/α-hetero) is 1. The standard InChI is InChI=1S/C10H10N2O4S/c1-4(13)11-10-12-6-2-5(9(15)16)3-7(14)8(6)17-10/h5H,2-3H2,1H3,(H,15,16)(H,11,12,13). The molecule has 0 spiro atoms. The Bertz CT molecular complexity index is 508. The molecule has 2 rings (SSSR count). The van der Waals surface area contributed by atoms with Crippen LogP contribution in [-0.4, -0.2) is 27.8 Å². The van der Waals surface area contributed by atoms with Gasteiger partial charge in [-0.2, -0.15) is 0 Å². The Labute approximate surface area is 101 Å². The summed E-state index contributed by atoms with van der Waals surface area (Å²) < 4.78 is 0. The molecule has 0 aromatic carbocycles. The number of hydrogen-bond acceptors (Lipinski definition) is 5. The molecule has 17 heavy (non-hydrogen) atoms. The van der Waals surface area contributed by atoms with Gasteiger partial charge in [-0.25, -0.2) is 4.98 Å². The van der Waals surface area contributed by atoms with Gasteiger partial charge in [-0.15, -0.1) is 0 Å². The number of carbonyl (C=O) groups excluding carboxylic acids is 2. The van der Waals surface area contributed by atoms with Crippen molar-refractivity contribution in [2.75, 3.05) is 5.32 Å². The van der Waals surface area contributed by atoms with Gasteiger partial charge in [0.15, 0.2) is 10.9 Å². The minimum Gasteiger partial charge on any atom is -0.481 e. The van der Waals surface area contributed by atoms with Crippen LogP contribution in [0, 0.1) is 5.92 Å². The van der Waals surface area contributed by atoms with Gasteiger partial charge in [-0.3, -0.25) is 14.4 Å². The Morgan fingerprint density at radius 3 is 2.76 bits per heavy atom. The predicted octanol–water partition coefficient (Wildman–Crippen LogP) is 0.931. The number of fused-ring (bicyclic) bond motifs is 1. The normalized spacial score (nSPS) is 18.6. The summed E-state index contributed by atoms with van der Waals surface area (Å²) in [5, 5.41) is 11.7. The molecule has 0 bridgehead atoms. The van der Waals surface area contributed by atoms with Crippen molar-refractivity contribution >= 4 is 34.1 Å². The Morgan fingerprint density at radius 2 is 2.18 bits per heavy atom. The molecule has 1 heterocycles. The van der Waals surface area contributed by atoms with Crippen LogP contribution in [0.5, 0.6) is 0 Å². The molecule has 1 aliphatic rings. The van der Waals surface area contributed by atoms with Crippen LogP contribution in [0.4, 0.5) is 5.13 Å². The molecule has 0 aliphatic heterocycles. The van der Waals surface area contributed by atoms with Crippen molar-refractivity contribution in [3.8, 4) is 0 Å². The van der Waals surface area contributed by atoms with Gasteiger partial charge < -0.3 is 10.4 Å². The van der Waals surface area contributed by atoms with Crippen LogP contribution < -0.4 is 5.32 Å². The number of hydrogen-bond donors (Lipinski definition) is 2. The van der Waals surface area contributed by atoms with Crippen LogP contribution in [0.3, 0.4) is 0 Å². The summed E-state index contributed by atoms with van der Waals surface area (Å²) in [6, 6.07) is 0. The molecule has 1 aromatic heterocycles. The van der Waals surface area contributed by atoms with Crippen LogP contribution in [0.2, 0.25) is 0 Å². The zero-order chi connectivity index (χ0) is 12.6. The first-order valence-corrected chi connectivity index (χ1v) is 5.82. The van der Waals surface area contributed by atoms with Crippen molar-refractivity contribution in [1.29, 1.82) is 0 Å². The Kier molecular flexibility index (Phi) is 2.93. The molecular weight excluding hydrogens is 244 g/mol. The number of carbonyl (C=O) groups is 3. The van der Waals surface area contributed by atoms with E-state index in [2.05, 4.69) is 10.3 Å². The van der Waals surface area contributed by atoms with E-state index < -0.39 is 11.9 Å². The summed E-state index contributed by atoms with van der Waals surface area (Å²) in [4.78, 5) is 37.9. The van der Waals surface area contributed by atoms with Crippen molar-refractivity contribution < 1.29 is 19.5 Å². The third kappa shape index (κ3) is 2.33. The number of nitrogens with zero attached hydrogens (tertiary/aromatic N) is 1. The molecule has 1 unspecified atom stereocenters. The van der Waals surface area contributed by atoms with E-state index in [0.29, 0.717) is 15.7 Å². The summed E-state index contributed by atoms with van der Waals surface area (Å²) in [5.41, 5.74) is 0.474. The second kappa shape index (κ2) is 4.25. The molecule has 0 radical (unpaired) electrons. The van der Waals surface area contributed by atoms with Crippen molar-refractivity contribution in [2.24, 2.45) is 5.92 Å². The fourth-order valence-corrected chi connectivity index (χ4v) is 2.70. The molecule has 0 saturated carbocycles. The summed E-state index contributed by atoms with van der Waals surface area (Å²) in [6.07, 6.45) is 0.247. The fourth-order valence-electron chi connectivity index (χ4n) is 1.71. The predicted molar refractivity (Wildman–Crippen MR) is 60.2 cm³/mol. The topological polar surface area (TPSA) is 96.4 Å². The van der Waals surface area contributed by atoms with E-state index in [1.807, 2.05) is 0 Å². The monoisotopic (exact) mass is 254 g/mol. The number of amides is 1. The van der Waals surface area contributed by atoms with Crippen LogP contribution in [0.15, 0.2) is 0 Å². The highest BCUT2D eigenvalue weighted by Crippen LogP contribution is 2.32. The average Bonchev–Trinajstić information content (AvgIpc) is 2.59. The zero-order valence-electron chi connectivity index (χ0n) is 9.02. The van der Waals surface area contributed by atoms with E-state index in [0.717, 1.165) is 11.3 Å². The number of thiazole rings is 1. The quantitative estimate of drug-likeness (QED) is 0.818. The largest absolute Gasteiger partial charge is 0.481 e. The molecule has 1 aromatic rings. The highest BCUT2D eigenvalue weighted by atomic mass is 32.1. The highest BCUT2D eigenvalue weighted by Gasteiger charge is 2.32. The number of aliphatic carboxylic acids is 1. The molecule has 6 nitrogen and oxygen atoms in total. The molecule has 0 saturated heterocycles. The SMILES string of the molecule is CC(=O)Nc1nc2c(s1)C(=O)CC(C(=O)O)C2. The number of ketones is 1. The van der Waals surface area contributed by atoms with Crippen LogP contribution in [0.25, 0.3) is 0 Å². The zero-order valence-corrected chi connectivity index (χ0v) is 9.84. The van der Waals surface area contributed by atoms with E-state index in [-0.39, 0.29) is 24.5 Å². The molecule has 7 heteroatoms. The summed E-state index contributed by atoms with van der Waals surface area (Å²) >= 11 is 1.10. The van der Waals surface area contributed by atoms with E-state index in [9.17, 15) is 14.4 Å². The van der Waals surface area contributed by atoms with Crippen LogP contribution >= 0.6 is 11.3 Å². The maximum atomic E-state index is 11.7. The van der Waals surface area contributed by atoms with Gasteiger partial charge in [-0.1, -0.05) is 11.3 Å². The smallest absolute Gasteiger partial charge is 0.307 e. The number of carboxylic acid groups (broad SMARTS) is 1. The van der Waals surface area contributed by atoms with Gasteiger partial charge >= 0.3 is 5.97 Å². The van der Waals surface area contributed by atoms with E-state index in [1.54, 1.807) is 0 Å². The third-order valence-corrected chi connectivity index (χ3v) is 3.51. The minimum atomic E-state index is -0.988. The molecular formula is C10H10N2O4S. The lowest BCUT2D eigenvalue weighted by molar-refractivity contribution is -0.141. The fraction of sp³-hybridized carbons (Fsp3) is 0.400. The maximum Gasteiger partial charge on any atom is 0.307 e. The van der Waals surface area contributed by atoms with Gasteiger partial charge in [0.25, 0.3) is 0 Å². The molecule has 1 aliphatic carbocycles. The first-order valence-electron chi connectivity index (χ1n) is 5.00. The number of anilines is 1. The lowest BCUT2D eigenvalue weighted by Gasteiger charge is -2.15. The first kappa shape index (κ1) is 11.7. The highest BCUT2D eigenvalue weighted by molar-refractivity contribution is 7.17. The summed E-state index contributed by atoms with van der Waals surface area (Å²) in [7, 11) is 0. The molecule has 90 valence electrons. The molecule has 1 amide bonds. The van der Waals surface area contributed by atoms with E-state index in [1.165, 1.54) is 6.92 Å². The van der Waals surface area contributed by atoms with Crippen molar-refractivity contribution in [1.82, 2.24) is 4.98 Å². The lowest BCUT2D eigenvalue weighted by Crippen LogP contribution is -2.25. The summed E-state index contributed by atoms with van der Waals surface area (Å²) in [6.45, 7) is 1.35. The number of aromatic nitrogens is 1. The lowest BCUT2D eigenvalue weighted by atomic mass is 9.90. The first-order chi connectivity index (χ1) is 7.97. The summed E-state index contributed by atoms with van der Waals surface area (Å²) in [5.74, 6) is -2.17. The number of carboxylic acids is 1. The molecule has 1 atom stereocenters. The van der Waals surface area contributed by atoms with Gasteiger partial charge in [0.1, 0.15) is 0 Å². The van der Waals surface area contributed by atoms with Crippen LogP contribution in [0.1, 0.15) is 28.7 Å². The third-order valence-electron chi connectivity index (χ3n) is 2.45. The van der Waals surface area contributed by atoms with Crippen molar-refractivity contribution in [2.45, 2.75) is 19.8 Å². The average molecular weight is 254 g/mol. The molecule has 2 N–H and O–H groups in total. The van der Waals surface area contributed by atoms with Crippen molar-refractivity contribution in [3.05, 3.63) is 10.6 Å². The maximum absolute atomic E-state index is 11.7. The van der Waals surface area contributed by atoms with E-state index >= 15 is 0 Å². The second-order valence-corrected chi connectivity index (χ2v) is 4.84. The Morgan fingerprint density at radius 1 is 1.47 bits per heavy atom. The number of rotatable bonds is 2. The number of nitrogens with one attached hydrogen (secondary N) is 1. The minimum absolute atomic E-state index is 0.00401. The second-order valence-electron chi connectivity index (χ2n) is 3.84. The van der Waals surface area contributed by atoms with Gasteiger partial charge in [0.05, 0.1) is 16.5 Å². The molecule has 0 fully saturated rings. The van der Waals surface area contributed by atoms with Gasteiger partial charge in [0.2, 0.25) is 5.91 Å². The van der Waals surface area contributed by atoms with Gasteiger partial charge in [0, 0.05) is 19.8 Å². The van der Waals surface area contributed by atoms with Crippen molar-refractivity contribution in [3.63, 3.8) is 0 Å². The van der Waals surface area contributed by atoms with E-state index in [4.69, 9.17) is 5.11 Å².